The first-order chi connectivity index (χ1) is 32.2. The number of aliphatic imine (C=N–C) groups is 2. The molecular weight excluding hydrogens is 813 g/mol. The number of thiophene rings is 1. The van der Waals surface area contributed by atoms with E-state index in [1.165, 1.54) is 47.1 Å². The van der Waals surface area contributed by atoms with Crippen LogP contribution < -0.4 is 5.32 Å². The van der Waals surface area contributed by atoms with E-state index in [0.29, 0.717) is 5.84 Å². The van der Waals surface area contributed by atoms with E-state index in [2.05, 4.69) is 216 Å². The van der Waals surface area contributed by atoms with Crippen LogP contribution in [-0.2, 0) is 0 Å². The molecule has 14 rings (SSSR count). The van der Waals surface area contributed by atoms with Crippen molar-refractivity contribution in [3.8, 4) is 16.8 Å². The number of para-hydroxylation sites is 1. The van der Waals surface area contributed by atoms with Gasteiger partial charge >= 0.3 is 0 Å². The van der Waals surface area contributed by atoms with Gasteiger partial charge in [-0.1, -0.05) is 146 Å². The topological polar surface area (TPSA) is 54.8 Å². The van der Waals surface area contributed by atoms with Gasteiger partial charge in [0.15, 0.2) is 5.84 Å². The predicted octanol–water partition coefficient (Wildman–Crippen LogP) is 15.5. The van der Waals surface area contributed by atoms with Crippen LogP contribution in [0.25, 0.3) is 102 Å². The molecule has 0 bridgehead atoms. The molecule has 13 aromatic rings. The van der Waals surface area contributed by atoms with Crippen molar-refractivity contribution in [3.05, 3.63) is 223 Å². The van der Waals surface area contributed by atoms with E-state index in [-0.39, 0.29) is 6.17 Å². The van der Waals surface area contributed by atoms with Gasteiger partial charge in [0.2, 0.25) is 0 Å². The van der Waals surface area contributed by atoms with E-state index in [4.69, 9.17) is 14.4 Å². The second-order valence-corrected chi connectivity index (χ2v) is 18.0. The highest BCUT2D eigenvalue weighted by atomic mass is 32.1. The van der Waals surface area contributed by atoms with Crippen LogP contribution in [0.4, 0.5) is 0 Å². The Kier molecular flexibility index (Phi) is 7.85. The van der Waals surface area contributed by atoms with E-state index in [0.717, 1.165) is 77.7 Å². The Morgan fingerprint density at radius 1 is 0.446 bits per heavy atom. The van der Waals surface area contributed by atoms with Gasteiger partial charge in [-0.25, -0.2) is 9.98 Å². The zero-order valence-electron chi connectivity index (χ0n) is 34.9. The molecule has 0 amide bonds. The Morgan fingerprint density at radius 2 is 1.15 bits per heavy atom. The van der Waals surface area contributed by atoms with Gasteiger partial charge in [0, 0.05) is 58.5 Å². The summed E-state index contributed by atoms with van der Waals surface area (Å²) < 4.78 is 11.6. The minimum atomic E-state index is -0.383. The molecule has 6 heteroatoms. The van der Waals surface area contributed by atoms with Gasteiger partial charge in [0.25, 0.3) is 0 Å². The van der Waals surface area contributed by atoms with Gasteiger partial charge in [-0.15, -0.1) is 11.3 Å². The lowest BCUT2D eigenvalue weighted by Gasteiger charge is -2.25. The highest BCUT2D eigenvalue weighted by molar-refractivity contribution is 7.25. The number of furan rings is 1. The fraction of sp³-hybridized carbons (Fsp3) is 0.0169. The van der Waals surface area contributed by atoms with Crippen LogP contribution in [-0.4, -0.2) is 16.2 Å². The molecule has 1 N–H and O–H groups in total. The van der Waals surface area contributed by atoms with Crippen molar-refractivity contribution in [1.82, 2.24) is 9.88 Å². The number of hydrogen-bond donors (Lipinski definition) is 1. The first-order valence-electron chi connectivity index (χ1n) is 22.0. The molecule has 0 saturated heterocycles. The summed E-state index contributed by atoms with van der Waals surface area (Å²) in [5, 5.41) is 15.6. The van der Waals surface area contributed by atoms with Crippen LogP contribution in [0.5, 0.6) is 0 Å². The van der Waals surface area contributed by atoms with Crippen LogP contribution >= 0.6 is 11.3 Å². The summed E-state index contributed by atoms with van der Waals surface area (Å²) in [6, 6.07) is 73.9. The normalized spacial score (nSPS) is 14.3. The second kappa shape index (κ2) is 14.1. The standard InChI is InChI=1S/C59H36N4OS/c1-2-15-36(16-3-1)57-60-58(62-59(61-57)45-23-13-27-53-54(45)44-21-9-11-26-52(44)65-53)43-30-29-39(63-48-24-10-8-20-41(48)47-32-37-17-4-5-18-38(37)33-49(47)63)34-46(43)42-22-12-25-50-56(42)55-40-19-7-6-14-35(40)28-31-51(55)64-50/h1-34,57H,(H,60,61,62). The Morgan fingerprint density at radius 3 is 2.05 bits per heavy atom. The fourth-order valence-corrected chi connectivity index (χ4v) is 11.5. The Bertz CT molecular complexity index is 4170. The van der Waals surface area contributed by atoms with Gasteiger partial charge in [-0.05, 0) is 98.9 Å². The highest BCUT2D eigenvalue weighted by Crippen LogP contribution is 2.44. The third-order valence-corrected chi connectivity index (χ3v) is 14.4. The largest absolute Gasteiger partial charge is 0.456 e. The highest BCUT2D eigenvalue weighted by Gasteiger charge is 2.27. The average Bonchev–Trinajstić information content (AvgIpc) is 4.05. The maximum Gasteiger partial charge on any atom is 0.160 e. The molecule has 65 heavy (non-hydrogen) atoms. The number of aromatic nitrogens is 1. The third kappa shape index (κ3) is 5.57. The molecule has 4 heterocycles. The number of rotatable bonds is 5. The first kappa shape index (κ1) is 36.2. The molecule has 3 aromatic heterocycles. The summed E-state index contributed by atoms with van der Waals surface area (Å²) >= 11 is 1.82. The van der Waals surface area contributed by atoms with Gasteiger partial charge in [0.05, 0.1) is 11.0 Å². The first-order valence-corrected chi connectivity index (χ1v) is 22.8. The summed E-state index contributed by atoms with van der Waals surface area (Å²) in [7, 11) is 0. The second-order valence-electron chi connectivity index (χ2n) is 16.9. The Balaban J connectivity index is 1.08. The van der Waals surface area contributed by atoms with Crippen molar-refractivity contribution in [2.45, 2.75) is 6.17 Å². The number of hydrogen-bond acceptors (Lipinski definition) is 5. The Hall–Kier alpha value is -8.32. The summed E-state index contributed by atoms with van der Waals surface area (Å²) in [6.07, 6.45) is -0.383. The lowest BCUT2D eigenvalue weighted by atomic mass is 9.92. The van der Waals surface area contributed by atoms with Gasteiger partial charge < -0.3 is 14.3 Å². The third-order valence-electron chi connectivity index (χ3n) is 13.2. The Labute approximate surface area is 376 Å². The zero-order chi connectivity index (χ0) is 42.6. The smallest absolute Gasteiger partial charge is 0.160 e. The maximum atomic E-state index is 6.71. The molecule has 0 fully saturated rings. The van der Waals surface area contributed by atoms with Crippen molar-refractivity contribution in [1.29, 1.82) is 0 Å². The van der Waals surface area contributed by atoms with E-state index >= 15 is 0 Å². The number of amidine groups is 2. The van der Waals surface area contributed by atoms with Crippen LogP contribution in [0.1, 0.15) is 22.9 Å². The van der Waals surface area contributed by atoms with Crippen LogP contribution in [0, 0.1) is 0 Å². The molecule has 0 aliphatic carbocycles. The van der Waals surface area contributed by atoms with Gasteiger partial charge in [-0.2, -0.15) is 0 Å². The summed E-state index contributed by atoms with van der Waals surface area (Å²) in [4.78, 5) is 11.1. The van der Waals surface area contributed by atoms with Crippen LogP contribution in [0.3, 0.4) is 0 Å². The lowest BCUT2D eigenvalue weighted by Crippen LogP contribution is -2.33. The van der Waals surface area contributed by atoms with Gasteiger partial charge in [-0.3, -0.25) is 0 Å². The molecule has 0 saturated carbocycles. The average molecular weight is 849 g/mol. The van der Waals surface area contributed by atoms with Crippen molar-refractivity contribution in [3.63, 3.8) is 0 Å². The molecule has 1 aliphatic rings. The molecule has 1 aliphatic heterocycles. The lowest BCUT2D eigenvalue weighted by molar-refractivity contribution is 0.669. The summed E-state index contributed by atoms with van der Waals surface area (Å²) in [6.45, 7) is 0. The van der Waals surface area contributed by atoms with E-state index < -0.39 is 0 Å². The number of fused-ring (bicyclic) bond motifs is 12. The monoisotopic (exact) mass is 848 g/mol. The van der Waals surface area contributed by atoms with E-state index in [1.54, 1.807) is 0 Å². The minimum Gasteiger partial charge on any atom is -0.456 e. The molecule has 5 nitrogen and oxygen atoms in total. The molecule has 0 radical (unpaired) electrons. The van der Waals surface area contributed by atoms with Gasteiger partial charge in [0.1, 0.15) is 23.2 Å². The minimum absolute atomic E-state index is 0.383. The molecule has 304 valence electrons. The predicted molar refractivity (Wildman–Crippen MR) is 273 cm³/mol. The molecular formula is C59H36N4OS. The molecule has 0 spiro atoms. The van der Waals surface area contributed by atoms with Crippen molar-refractivity contribution in [2.24, 2.45) is 9.98 Å². The van der Waals surface area contributed by atoms with E-state index in [9.17, 15) is 0 Å². The SMILES string of the molecule is c1ccc(C2N=C(c3ccc(-n4c5ccccc5c5cc6ccccc6cc54)cc3-c3cccc4oc5ccc6ccccc6c5c34)N=C(c3cccc4sc5ccccc5c34)N2)cc1. The number of benzene rings is 10. The number of nitrogens with zero attached hydrogens (tertiary/aromatic N) is 3. The zero-order valence-corrected chi connectivity index (χ0v) is 35.7. The van der Waals surface area contributed by atoms with Crippen LogP contribution in [0.15, 0.2) is 221 Å². The van der Waals surface area contributed by atoms with Crippen LogP contribution in [0.2, 0.25) is 0 Å². The summed E-state index contributed by atoms with van der Waals surface area (Å²) in [5.74, 6) is 1.45. The summed E-state index contributed by atoms with van der Waals surface area (Å²) in [5.41, 5.74) is 10.2. The molecule has 1 unspecified atom stereocenters. The maximum absolute atomic E-state index is 6.71. The van der Waals surface area contributed by atoms with Crippen molar-refractivity contribution >= 4 is 108 Å². The molecule has 1 atom stereocenters. The van der Waals surface area contributed by atoms with Crippen molar-refractivity contribution < 1.29 is 4.42 Å². The quantitative estimate of drug-likeness (QED) is 0.188. The number of nitrogens with one attached hydrogen (secondary N) is 1. The van der Waals surface area contributed by atoms with Crippen molar-refractivity contribution in [2.75, 3.05) is 0 Å². The van der Waals surface area contributed by atoms with E-state index in [1.807, 2.05) is 11.3 Å². The fourth-order valence-electron chi connectivity index (χ4n) is 10.3. The molecule has 10 aromatic carbocycles.